The zero-order chi connectivity index (χ0) is 17.5. The molecule has 132 valence electrons. The van der Waals surface area contributed by atoms with E-state index in [0.717, 1.165) is 25.0 Å². The molecule has 0 N–H and O–H groups in total. The second kappa shape index (κ2) is 8.83. The van der Waals surface area contributed by atoms with E-state index in [4.69, 9.17) is 4.74 Å². The molecular weight excluding hydrogens is 304 g/mol. The molecule has 1 aromatic carbocycles. The van der Waals surface area contributed by atoms with Crippen molar-refractivity contribution in [3.63, 3.8) is 0 Å². The summed E-state index contributed by atoms with van der Waals surface area (Å²) in [4.78, 5) is 28.1. The van der Waals surface area contributed by atoms with Crippen molar-refractivity contribution in [1.82, 2.24) is 9.80 Å². The second-order valence-electron chi connectivity index (χ2n) is 6.64. The smallest absolute Gasteiger partial charge is 0.242 e. The summed E-state index contributed by atoms with van der Waals surface area (Å²) in [5.74, 6) is -0.107. The minimum Gasteiger partial charge on any atom is -0.376 e. The number of hydrogen-bond donors (Lipinski definition) is 0. The molecule has 2 rings (SSSR count). The quantitative estimate of drug-likeness (QED) is 0.771. The Bertz CT molecular complexity index is 539. The Kier molecular flexibility index (Phi) is 6.79. The molecule has 0 saturated carbocycles. The van der Waals surface area contributed by atoms with Crippen molar-refractivity contribution < 1.29 is 14.3 Å². The number of hydrogen-bond acceptors (Lipinski definition) is 3. The second-order valence-corrected chi connectivity index (χ2v) is 6.64. The molecule has 1 saturated heterocycles. The molecule has 5 heteroatoms. The third kappa shape index (κ3) is 5.34. The Morgan fingerprint density at radius 2 is 1.96 bits per heavy atom. The third-order valence-electron chi connectivity index (χ3n) is 4.36. The highest BCUT2D eigenvalue weighted by atomic mass is 16.5. The summed E-state index contributed by atoms with van der Waals surface area (Å²) in [6.45, 7) is 7.43. The van der Waals surface area contributed by atoms with Gasteiger partial charge in [-0.05, 0) is 32.3 Å². The first-order valence-corrected chi connectivity index (χ1v) is 8.68. The van der Waals surface area contributed by atoms with Crippen LogP contribution in [0.2, 0.25) is 0 Å². The number of carbonyl (C=O) groups excluding carboxylic acids is 2. The lowest BCUT2D eigenvalue weighted by molar-refractivity contribution is -0.142. The van der Waals surface area contributed by atoms with Crippen LogP contribution in [0, 0.1) is 0 Å². The Balaban J connectivity index is 2.00. The Morgan fingerprint density at radius 1 is 1.25 bits per heavy atom. The first kappa shape index (κ1) is 18.5. The van der Waals surface area contributed by atoms with Crippen LogP contribution in [0.25, 0.3) is 0 Å². The van der Waals surface area contributed by atoms with Crippen LogP contribution >= 0.6 is 0 Å². The van der Waals surface area contributed by atoms with Crippen molar-refractivity contribution in [2.24, 2.45) is 0 Å². The summed E-state index contributed by atoms with van der Waals surface area (Å²) in [6, 6.07) is 10.0. The molecular formula is C19H28N2O3. The van der Waals surface area contributed by atoms with Gasteiger partial charge < -0.3 is 14.5 Å². The molecule has 1 fully saturated rings. The van der Waals surface area contributed by atoms with E-state index in [1.165, 1.54) is 6.92 Å². The van der Waals surface area contributed by atoms with Crippen LogP contribution in [0.4, 0.5) is 0 Å². The Morgan fingerprint density at radius 3 is 2.50 bits per heavy atom. The fourth-order valence-corrected chi connectivity index (χ4v) is 2.93. The molecule has 1 aliphatic heterocycles. The highest BCUT2D eigenvalue weighted by Crippen LogP contribution is 2.14. The molecule has 5 nitrogen and oxygen atoms in total. The van der Waals surface area contributed by atoms with Gasteiger partial charge in [-0.15, -0.1) is 0 Å². The molecule has 0 aromatic heterocycles. The molecule has 0 radical (unpaired) electrons. The van der Waals surface area contributed by atoms with Gasteiger partial charge in [-0.1, -0.05) is 30.3 Å². The van der Waals surface area contributed by atoms with Gasteiger partial charge in [0.2, 0.25) is 11.8 Å². The van der Waals surface area contributed by atoms with Crippen molar-refractivity contribution in [3.05, 3.63) is 35.9 Å². The molecule has 1 atom stereocenters. The zero-order valence-corrected chi connectivity index (χ0v) is 14.9. The van der Waals surface area contributed by atoms with E-state index in [1.807, 2.05) is 49.1 Å². The van der Waals surface area contributed by atoms with E-state index in [-0.39, 0.29) is 30.5 Å². The van der Waals surface area contributed by atoms with Crippen molar-refractivity contribution in [2.45, 2.75) is 52.3 Å². The van der Waals surface area contributed by atoms with Crippen molar-refractivity contribution in [3.8, 4) is 0 Å². The summed E-state index contributed by atoms with van der Waals surface area (Å²) in [5.41, 5.74) is 1.09. The molecule has 24 heavy (non-hydrogen) atoms. The molecule has 2 amide bonds. The summed E-state index contributed by atoms with van der Waals surface area (Å²) in [5, 5.41) is 0. The van der Waals surface area contributed by atoms with Gasteiger partial charge in [-0.3, -0.25) is 9.59 Å². The molecule has 1 aromatic rings. The van der Waals surface area contributed by atoms with Crippen LogP contribution in [0.15, 0.2) is 30.3 Å². The summed E-state index contributed by atoms with van der Waals surface area (Å²) in [6.07, 6.45) is 2.04. The predicted molar refractivity (Wildman–Crippen MR) is 93.4 cm³/mol. The largest absolute Gasteiger partial charge is 0.376 e. The molecule has 0 spiro atoms. The SMILES string of the molecule is CC(=O)N(CC(=O)N(Cc1ccccc1)C(C)C)CC1CCCO1. The summed E-state index contributed by atoms with van der Waals surface area (Å²) < 4.78 is 5.60. The van der Waals surface area contributed by atoms with Crippen LogP contribution in [0.1, 0.15) is 39.2 Å². The minimum absolute atomic E-state index is 0.0259. The van der Waals surface area contributed by atoms with Crippen molar-refractivity contribution in [1.29, 1.82) is 0 Å². The molecule has 1 unspecified atom stereocenters. The molecule has 0 bridgehead atoms. The summed E-state index contributed by atoms with van der Waals surface area (Å²) in [7, 11) is 0. The predicted octanol–water partition coefficient (Wildman–Crippen LogP) is 2.45. The Labute approximate surface area is 144 Å². The fraction of sp³-hybridized carbons (Fsp3) is 0.579. The van der Waals surface area contributed by atoms with Crippen LogP contribution in [0.3, 0.4) is 0 Å². The monoisotopic (exact) mass is 332 g/mol. The highest BCUT2D eigenvalue weighted by molar-refractivity contribution is 5.84. The number of ether oxygens (including phenoxy) is 1. The molecule has 0 aliphatic carbocycles. The van der Waals surface area contributed by atoms with Crippen LogP contribution in [-0.4, -0.2) is 53.5 Å². The van der Waals surface area contributed by atoms with Crippen molar-refractivity contribution >= 4 is 11.8 Å². The number of rotatable bonds is 7. The van der Waals surface area contributed by atoms with Gasteiger partial charge >= 0.3 is 0 Å². The maximum absolute atomic E-state index is 12.8. The normalized spacial score (nSPS) is 17.1. The first-order chi connectivity index (χ1) is 11.5. The topological polar surface area (TPSA) is 49.9 Å². The lowest BCUT2D eigenvalue weighted by Gasteiger charge is -2.31. The standard InChI is InChI=1S/C19H28N2O3/c1-15(2)21(12-17-8-5-4-6-9-17)19(23)14-20(16(3)22)13-18-10-7-11-24-18/h4-6,8-9,15,18H,7,10-14H2,1-3H3. The average molecular weight is 332 g/mol. The molecule has 1 aliphatic rings. The third-order valence-corrected chi connectivity index (χ3v) is 4.36. The minimum atomic E-state index is -0.0812. The van der Waals surface area contributed by atoms with Gasteiger partial charge in [-0.25, -0.2) is 0 Å². The van der Waals surface area contributed by atoms with E-state index in [0.29, 0.717) is 13.1 Å². The number of nitrogens with zero attached hydrogens (tertiary/aromatic N) is 2. The van der Waals surface area contributed by atoms with E-state index in [2.05, 4.69) is 0 Å². The van der Waals surface area contributed by atoms with Gasteiger partial charge in [0.1, 0.15) is 0 Å². The van der Waals surface area contributed by atoms with Crippen molar-refractivity contribution in [2.75, 3.05) is 19.7 Å². The number of benzene rings is 1. The zero-order valence-electron chi connectivity index (χ0n) is 14.9. The van der Waals surface area contributed by atoms with Gasteiger partial charge in [0, 0.05) is 32.7 Å². The fourth-order valence-electron chi connectivity index (χ4n) is 2.93. The van der Waals surface area contributed by atoms with Gasteiger partial charge in [-0.2, -0.15) is 0 Å². The number of carbonyl (C=O) groups is 2. The van der Waals surface area contributed by atoms with Gasteiger partial charge in [0.15, 0.2) is 0 Å². The summed E-state index contributed by atoms with van der Waals surface area (Å²) >= 11 is 0. The Hall–Kier alpha value is -1.88. The van der Waals surface area contributed by atoms with Gasteiger partial charge in [0.05, 0.1) is 12.6 Å². The lowest BCUT2D eigenvalue weighted by Crippen LogP contribution is -2.46. The molecule has 1 heterocycles. The number of amides is 2. The van der Waals surface area contributed by atoms with E-state index in [9.17, 15) is 9.59 Å². The van der Waals surface area contributed by atoms with E-state index >= 15 is 0 Å². The lowest BCUT2D eigenvalue weighted by atomic mass is 10.2. The van der Waals surface area contributed by atoms with E-state index in [1.54, 1.807) is 4.90 Å². The van der Waals surface area contributed by atoms with Crippen LogP contribution in [0.5, 0.6) is 0 Å². The van der Waals surface area contributed by atoms with Crippen LogP contribution in [-0.2, 0) is 20.9 Å². The maximum atomic E-state index is 12.8. The van der Waals surface area contributed by atoms with E-state index < -0.39 is 0 Å². The maximum Gasteiger partial charge on any atom is 0.242 e. The average Bonchev–Trinajstić information content (AvgIpc) is 3.05. The van der Waals surface area contributed by atoms with Crippen LogP contribution < -0.4 is 0 Å². The first-order valence-electron chi connectivity index (χ1n) is 8.68. The van der Waals surface area contributed by atoms with Gasteiger partial charge in [0.25, 0.3) is 0 Å². The highest BCUT2D eigenvalue weighted by Gasteiger charge is 2.25.